The van der Waals surface area contributed by atoms with Gasteiger partial charge >= 0.3 is 0 Å². The standard InChI is InChI=1S/C15H16N4O/c1-4-11-7-12(5-6-14(11)20-3)19-15-8-13(9-16)17-10(2)18-15/h5-8H,4H2,1-3H3,(H,17,18,19). The van der Waals surface area contributed by atoms with Crippen LogP contribution in [0.1, 0.15) is 24.0 Å². The Morgan fingerprint density at radius 2 is 2.10 bits per heavy atom. The lowest BCUT2D eigenvalue weighted by molar-refractivity contribution is 0.410. The molecule has 1 heterocycles. The van der Waals surface area contributed by atoms with Crippen molar-refractivity contribution < 1.29 is 4.74 Å². The Kier molecular flexibility index (Phi) is 4.16. The van der Waals surface area contributed by atoms with E-state index in [1.54, 1.807) is 20.1 Å². The molecule has 0 unspecified atom stereocenters. The first kappa shape index (κ1) is 13.8. The molecule has 0 saturated carbocycles. The van der Waals surface area contributed by atoms with Crippen molar-refractivity contribution in [2.45, 2.75) is 20.3 Å². The SMILES string of the molecule is CCc1cc(Nc2cc(C#N)nc(C)n2)ccc1OC. The summed E-state index contributed by atoms with van der Waals surface area (Å²) in [6.45, 7) is 3.84. The summed E-state index contributed by atoms with van der Waals surface area (Å²) in [5.74, 6) is 2.05. The monoisotopic (exact) mass is 268 g/mol. The van der Waals surface area contributed by atoms with Crippen molar-refractivity contribution in [3.63, 3.8) is 0 Å². The van der Waals surface area contributed by atoms with Crippen LogP contribution >= 0.6 is 0 Å². The molecule has 1 aromatic carbocycles. The first-order chi connectivity index (χ1) is 9.66. The number of nitriles is 1. The highest BCUT2D eigenvalue weighted by Gasteiger charge is 2.05. The second-order valence-corrected chi connectivity index (χ2v) is 4.30. The number of hydrogen-bond donors (Lipinski definition) is 1. The fourth-order valence-corrected chi connectivity index (χ4v) is 1.97. The fourth-order valence-electron chi connectivity index (χ4n) is 1.97. The summed E-state index contributed by atoms with van der Waals surface area (Å²) >= 11 is 0. The van der Waals surface area contributed by atoms with E-state index in [1.807, 2.05) is 24.3 Å². The zero-order chi connectivity index (χ0) is 14.5. The number of aryl methyl sites for hydroxylation is 2. The second kappa shape index (κ2) is 6.02. The van der Waals surface area contributed by atoms with E-state index in [0.29, 0.717) is 17.3 Å². The normalized spacial score (nSPS) is 9.90. The zero-order valence-electron chi connectivity index (χ0n) is 11.8. The van der Waals surface area contributed by atoms with Gasteiger partial charge in [0.25, 0.3) is 0 Å². The van der Waals surface area contributed by atoms with Crippen molar-refractivity contribution in [2.75, 3.05) is 12.4 Å². The van der Waals surface area contributed by atoms with Gasteiger partial charge in [0.05, 0.1) is 7.11 Å². The lowest BCUT2D eigenvalue weighted by atomic mass is 10.1. The Hall–Kier alpha value is -2.61. The minimum atomic E-state index is 0.351. The average molecular weight is 268 g/mol. The number of anilines is 2. The van der Waals surface area contributed by atoms with Crippen LogP contribution in [0.15, 0.2) is 24.3 Å². The van der Waals surface area contributed by atoms with Gasteiger partial charge in [-0.05, 0) is 37.1 Å². The van der Waals surface area contributed by atoms with Crippen molar-refractivity contribution >= 4 is 11.5 Å². The van der Waals surface area contributed by atoms with Crippen LogP contribution < -0.4 is 10.1 Å². The largest absolute Gasteiger partial charge is 0.496 e. The molecule has 0 atom stereocenters. The molecule has 0 spiro atoms. The Balaban J connectivity index is 2.30. The zero-order valence-corrected chi connectivity index (χ0v) is 11.8. The molecule has 20 heavy (non-hydrogen) atoms. The van der Waals surface area contributed by atoms with Crippen LogP contribution in [0.25, 0.3) is 0 Å². The predicted octanol–water partition coefficient (Wildman–Crippen LogP) is 2.97. The summed E-state index contributed by atoms with van der Waals surface area (Å²) in [5.41, 5.74) is 2.37. The summed E-state index contributed by atoms with van der Waals surface area (Å²) in [4.78, 5) is 8.29. The van der Waals surface area contributed by atoms with Crippen LogP contribution in [0.2, 0.25) is 0 Å². The van der Waals surface area contributed by atoms with Gasteiger partial charge in [-0.25, -0.2) is 9.97 Å². The minimum Gasteiger partial charge on any atom is -0.496 e. The molecule has 0 bridgehead atoms. The van der Waals surface area contributed by atoms with E-state index >= 15 is 0 Å². The maximum absolute atomic E-state index is 8.92. The van der Waals surface area contributed by atoms with Crippen LogP contribution in [0.5, 0.6) is 5.75 Å². The van der Waals surface area contributed by atoms with Crippen LogP contribution in [-0.2, 0) is 6.42 Å². The number of hydrogen-bond acceptors (Lipinski definition) is 5. The third kappa shape index (κ3) is 3.04. The van der Waals surface area contributed by atoms with Gasteiger partial charge < -0.3 is 10.1 Å². The van der Waals surface area contributed by atoms with Crippen LogP contribution in [0.4, 0.5) is 11.5 Å². The van der Waals surface area contributed by atoms with E-state index in [9.17, 15) is 0 Å². The molecule has 0 saturated heterocycles. The molecule has 0 radical (unpaired) electrons. The van der Waals surface area contributed by atoms with E-state index in [2.05, 4.69) is 22.2 Å². The average Bonchev–Trinajstić information content (AvgIpc) is 2.46. The molecule has 0 aliphatic rings. The molecule has 0 aliphatic heterocycles. The molecule has 0 amide bonds. The smallest absolute Gasteiger partial charge is 0.146 e. The van der Waals surface area contributed by atoms with Crippen molar-refractivity contribution in [3.8, 4) is 11.8 Å². The van der Waals surface area contributed by atoms with Crippen LogP contribution in [-0.4, -0.2) is 17.1 Å². The lowest BCUT2D eigenvalue weighted by Gasteiger charge is -2.11. The molecule has 2 aromatic rings. The summed E-state index contributed by atoms with van der Waals surface area (Å²) in [5, 5.41) is 12.1. The lowest BCUT2D eigenvalue weighted by Crippen LogP contribution is -2.00. The maximum Gasteiger partial charge on any atom is 0.146 e. The van der Waals surface area contributed by atoms with Gasteiger partial charge in [-0.15, -0.1) is 0 Å². The van der Waals surface area contributed by atoms with E-state index in [1.165, 1.54) is 0 Å². The molecular formula is C15H16N4O. The summed E-state index contributed by atoms with van der Waals surface area (Å²) < 4.78 is 5.30. The van der Waals surface area contributed by atoms with Gasteiger partial charge in [-0.1, -0.05) is 6.92 Å². The van der Waals surface area contributed by atoms with Gasteiger partial charge in [0.2, 0.25) is 0 Å². The molecular weight excluding hydrogens is 252 g/mol. The third-order valence-corrected chi connectivity index (χ3v) is 2.89. The summed E-state index contributed by atoms with van der Waals surface area (Å²) in [6.07, 6.45) is 0.880. The quantitative estimate of drug-likeness (QED) is 0.923. The van der Waals surface area contributed by atoms with Crippen molar-refractivity contribution in [1.82, 2.24) is 9.97 Å². The highest BCUT2D eigenvalue weighted by molar-refractivity contribution is 5.60. The van der Waals surface area contributed by atoms with E-state index in [4.69, 9.17) is 10.00 Å². The van der Waals surface area contributed by atoms with Gasteiger partial charge in [0.1, 0.15) is 29.2 Å². The molecule has 1 aromatic heterocycles. The summed E-state index contributed by atoms with van der Waals surface area (Å²) in [7, 11) is 1.66. The first-order valence-electron chi connectivity index (χ1n) is 6.36. The number of nitrogens with zero attached hydrogens (tertiary/aromatic N) is 3. The number of benzene rings is 1. The number of nitrogens with one attached hydrogen (secondary N) is 1. The molecule has 1 N–H and O–H groups in total. The fraction of sp³-hybridized carbons (Fsp3) is 0.267. The number of ether oxygens (including phenoxy) is 1. The third-order valence-electron chi connectivity index (χ3n) is 2.89. The van der Waals surface area contributed by atoms with Crippen LogP contribution in [0.3, 0.4) is 0 Å². The molecule has 5 heteroatoms. The first-order valence-corrected chi connectivity index (χ1v) is 6.36. The minimum absolute atomic E-state index is 0.351. The Morgan fingerprint density at radius 3 is 2.75 bits per heavy atom. The molecule has 0 aliphatic carbocycles. The van der Waals surface area contributed by atoms with E-state index in [-0.39, 0.29) is 0 Å². The Labute approximate surface area is 118 Å². The highest BCUT2D eigenvalue weighted by Crippen LogP contribution is 2.25. The Bertz CT molecular complexity index is 661. The van der Waals surface area contributed by atoms with Crippen molar-refractivity contribution in [1.29, 1.82) is 5.26 Å². The molecule has 5 nitrogen and oxygen atoms in total. The highest BCUT2D eigenvalue weighted by atomic mass is 16.5. The Morgan fingerprint density at radius 1 is 1.30 bits per heavy atom. The molecule has 102 valence electrons. The van der Waals surface area contributed by atoms with E-state index < -0.39 is 0 Å². The van der Waals surface area contributed by atoms with Gasteiger partial charge in [0, 0.05) is 11.8 Å². The van der Waals surface area contributed by atoms with Gasteiger partial charge in [-0.3, -0.25) is 0 Å². The predicted molar refractivity (Wildman–Crippen MR) is 77.1 cm³/mol. The van der Waals surface area contributed by atoms with Crippen molar-refractivity contribution in [2.24, 2.45) is 0 Å². The van der Waals surface area contributed by atoms with E-state index in [0.717, 1.165) is 23.4 Å². The van der Waals surface area contributed by atoms with Gasteiger partial charge in [-0.2, -0.15) is 5.26 Å². The van der Waals surface area contributed by atoms with Crippen LogP contribution in [0, 0.1) is 18.3 Å². The maximum atomic E-state index is 8.92. The number of rotatable bonds is 4. The topological polar surface area (TPSA) is 70.8 Å². The summed E-state index contributed by atoms with van der Waals surface area (Å²) in [6, 6.07) is 9.50. The number of aromatic nitrogens is 2. The molecule has 2 rings (SSSR count). The number of methoxy groups -OCH3 is 1. The molecule has 0 fully saturated rings. The van der Waals surface area contributed by atoms with Crippen molar-refractivity contribution in [3.05, 3.63) is 41.3 Å². The second-order valence-electron chi connectivity index (χ2n) is 4.30. The van der Waals surface area contributed by atoms with Gasteiger partial charge in [0.15, 0.2) is 0 Å².